The number of hydrogen-bond donors (Lipinski definition) is 2. The molecule has 2 nitrogen and oxygen atoms in total. The van der Waals surface area contributed by atoms with Gasteiger partial charge in [0.1, 0.15) is 0 Å². The molecule has 0 aliphatic carbocycles. The van der Waals surface area contributed by atoms with Crippen molar-refractivity contribution in [2.45, 2.75) is 52.1 Å². The van der Waals surface area contributed by atoms with Crippen LogP contribution in [0.25, 0.3) is 0 Å². The van der Waals surface area contributed by atoms with Crippen LogP contribution in [0.15, 0.2) is 0 Å². The Morgan fingerprint density at radius 2 is 1.73 bits per heavy atom. The third-order valence-electron chi connectivity index (χ3n) is 1.83. The lowest BCUT2D eigenvalue weighted by atomic mass is 9.97. The van der Waals surface area contributed by atoms with Crippen LogP contribution in [-0.2, 0) is 0 Å². The van der Waals surface area contributed by atoms with Gasteiger partial charge in [0, 0.05) is 0 Å². The number of unbranched alkanes of at least 4 members (excludes halogenated alkanes) is 1. The molecule has 1 atom stereocenters. The Labute approximate surface area is 76.4 Å². The highest BCUT2D eigenvalue weighted by molar-refractivity contribution is 5.85. The van der Waals surface area contributed by atoms with Gasteiger partial charge in [-0.05, 0) is 19.8 Å². The SMILES string of the molecule is CCCCC(C)(O)CC.Cl.N. The fourth-order valence-corrected chi connectivity index (χ4v) is 0.734. The quantitative estimate of drug-likeness (QED) is 0.704. The van der Waals surface area contributed by atoms with E-state index in [1.165, 1.54) is 6.42 Å². The zero-order chi connectivity index (χ0) is 7.33. The van der Waals surface area contributed by atoms with E-state index in [1.807, 2.05) is 13.8 Å². The van der Waals surface area contributed by atoms with Gasteiger partial charge in [0.2, 0.25) is 0 Å². The fraction of sp³-hybridized carbons (Fsp3) is 1.00. The molecule has 0 saturated carbocycles. The predicted molar refractivity (Wildman–Crippen MR) is 52.7 cm³/mol. The van der Waals surface area contributed by atoms with Gasteiger partial charge >= 0.3 is 0 Å². The largest absolute Gasteiger partial charge is 0.390 e. The molecule has 11 heavy (non-hydrogen) atoms. The molecule has 3 heteroatoms. The topological polar surface area (TPSA) is 55.2 Å². The maximum Gasteiger partial charge on any atom is 0.0617 e. The van der Waals surface area contributed by atoms with E-state index in [1.54, 1.807) is 0 Å². The van der Waals surface area contributed by atoms with Crippen LogP contribution in [0.1, 0.15) is 46.5 Å². The molecule has 0 saturated heterocycles. The molecule has 0 rings (SSSR count). The normalized spacial score (nSPS) is 14.2. The molecule has 1 unspecified atom stereocenters. The molecule has 0 aromatic rings. The van der Waals surface area contributed by atoms with Gasteiger partial charge in [-0.2, -0.15) is 0 Å². The summed E-state index contributed by atoms with van der Waals surface area (Å²) in [5.74, 6) is 0. The minimum Gasteiger partial charge on any atom is -0.390 e. The molecule has 0 aromatic carbocycles. The molecular formula is C8H22ClNO. The first-order chi connectivity index (χ1) is 4.12. The Morgan fingerprint density at radius 3 is 2.00 bits per heavy atom. The second-order valence-corrected chi connectivity index (χ2v) is 2.95. The predicted octanol–water partition coefficient (Wildman–Crippen LogP) is 2.92. The first-order valence-electron chi connectivity index (χ1n) is 3.84. The van der Waals surface area contributed by atoms with Crippen molar-refractivity contribution in [3.63, 3.8) is 0 Å². The van der Waals surface area contributed by atoms with E-state index in [4.69, 9.17) is 0 Å². The summed E-state index contributed by atoms with van der Waals surface area (Å²) in [5.41, 5.74) is -0.407. The monoisotopic (exact) mass is 183 g/mol. The Morgan fingerprint density at radius 1 is 1.27 bits per heavy atom. The summed E-state index contributed by atoms with van der Waals surface area (Å²) in [6, 6.07) is 0. The van der Waals surface area contributed by atoms with Crippen molar-refractivity contribution in [2.75, 3.05) is 0 Å². The van der Waals surface area contributed by atoms with Crippen molar-refractivity contribution < 1.29 is 5.11 Å². The van der Waals surface area contributed by atoms with Crippen molar-refractivity contribution in [1.82, 2.24) is 6.15 Å². The van der Waals surface area contributed by atoms with Crippen molar-refractivity contribution in [2.24, 2.45) is 0 Å². The molecule has 0 aromatic heterocycles. The number of rotatable bonds is 4. The molecule has 0 aliphatic heterocycles. The van der Waals surface area contributed by atoms with E-state index in [0.717, 1.165) is 19.3 Å². The average Bonchev–Trinajstić information content (AvgIpc) is 1.84. The minimum absolute atomic E-state index is 0. The summed E-state index contributed by atoms with van der Waals surface area (Å²) in [6.07, 6.45) is 4.13. The zero-order valence-electron chi connectivity index (χ0n) is 7.89. The highest BCUT2D eigenvalue weighted by Gasteiger charge is 2.15. The van der Waals surface area contributed by atoms with E-state index < -0.39 is 5.60 Å². The third-order valence-corrected chi connectivity index (χ3v) is 1.83. The van der Waals surface area contributed by atoms with Crippen molar-refractivity contribution in [3.05, 3.63) is 0 Å². The molecule has 4 N–H and O–H groups in total. The first kappa shape index (κ1) is 17.3. The molecule has 0 fully saturated rings. The summed E-state index contributed by atoms with van der Waals surface area (Å²) in [5, 5.41) is 9.45. The van der Waals surface area contributed by atoms with Crippen molar-refractivity contribution in [3.8, 4) is 0 Å². The van der Waals surface area contributed by atoms with Crippen LogP contribution in [0.4, 0.5) is 0 Å². The van der Waals surface area contributed by atoms with Gasteiger partial charge in [-0.15, -0.1) is 12.4 Å². The van der Waals surface area contributed by atoms with Crippen LogP contribution < -0.4 is 6.15 Å². The number of halogens is 1. The van der Waals surface area contributed by atoms with Gasteiger partial charge in [-0.1, -0.05) is 26.7 Å². The Kier molecular flexibility index (Phi) is 13.1. The summed E-state index contributed by atoms with van der Waals surface area (Å²) in [6.45, 7) is 6.07. The molecule has 72 valence electrons. The Hall–Kier alpha value is 0.210. The third kappa shape index (κ3) is 10.2. The first-order valence-corrected chi connectivity index (χ1v) is 3.84. The van der Waals surface area contributed by atoms with E-state index in [2.05, 4.69) is 6.92 Å². The van der Waals surface area contributed by atoms with Gasteiger partial charge in [0.15, 0.2) is 0 Å². The molecule has 0 spiro atoms. The Balaban J connectivity index is -0.000000320. The number of aliphatic hydroxyl groups is 1. The highest BCUT2D eigenvalue weighted by Crippen LogP contribution is 2.16. The lowest BCUT2D eigenvalue weighted by molar-refractivity contribution is 0.0447. The fourth-order valence-electron chi connectivity index (χ4n) is 0.734. The lowest BCUT2D eigenvalue weighted by Gasteiger charge is -2.20. The van der Waals surface area contributed by atoms with E-state index in [0.29, 0.717) is 0 Å². The summed E-state index contributed by atoms with van der Waals surface area (Å²) in [7, 11) is 0. The molecule has 0 radical (unpaired) electrons. The summed E-state index contributed by atoms with van der Waals surface area (Å²) >= 11 is 0. The maximum atomic E-state index is 9.45. The van der Waals surface area contributed by atoms with Crippen molar-refractivity contribution >= 4 is 12.4 Å². The van der Waals surface area contributed by atoms with E-state index >= 15 is 0 Å². The van der Waals surface area contributed by atoms with Crippen LogP contribution in [0.5, 0.6) is 0 Å². The van der Waals surface area contributed by atoms with Crippen LogP contribution in [0.3, 0.4) is 0 Å². The molecule has 0 bridgehead atoms. The highest BCUT2D eigenvalue weighted by atomic mass is 35.5. The molecule has 0 heterocycles. The standard InChI is InChI=1S/C8H18O.ClH.H3N/c1-4-6-7-8(3,9)5-2;;/h9H,4-7H2,1-3H3;1H;1H3. The zero-order valence-corrected chi connectivity index (χ0v) is 8.71. The lowest BCUT2D eigenvalue weighted by Crippen LogP contribution is -2.21. The van der Waals surface area contributed by atoms with Gasteiger partial charge in [-0.3, -0.25) is 0 Å². The van der Waals surface area contributed by atoms with Gasteiger partial charge in [0.25, 0.3) is 0 Å². The van der Waals surface area contributed by atoms with Gasteiger partial charge < -0.3 is 11.3 Å². The van der Waals surface area contributed by atoms with E-state index in [-0.39, 0.29) is 18.6 Å². The Bertz CT molecular complexity index is 76.5. The van der Waals surface area contributed by atoms with Crippen LogP contribution in [0.2, 0.25) is 0 Å². The minimum atomic E-state index is -0.407. The van der Waals surface area contributed by atoms with Crippen LogP contribution >= 0.6 is 12.4 Å². The maximum absolute atomic E-state index is 9.45. The van der Waals surface area contributed by atoms with Crippen molar-refractivity contribution in [1.29, 1.82) is 0 Å². The van der Waals surface area contributed by atoms with Crippen LogP contribution in [-0.4, -0.2) is 10.7 Å². The second-order valence-electron chi connectivity index (χ2n) is 2.95. The average molecular weight is 184 g/mol. The number of hydrogen-bond acceptors (Lipinski definition) is 2. The van der Waals surface area contributed by atoms with Gasteiger partial charge in [-0.25, -0.2) is 0 Å². The van der Waals surface area contributed by atoms with E-state index in [9.17, 15) is 5.11 Å². The second kappa shape index (κ2) is 8.31. The van der Waals surface area contributed by atoms with Gasteiger partial charge in [0.05, 0.1) is 5.60 Å². The summed E-state index contributed by atoms with van der Waals surface area (Å²) < 4.78 is 0. The van der Waals surface area contributed by atoms with Crippen LogP contribution in [0, 0.1) is 0 Å². The molecular weight excluding hydrogens is 162 g/mol. The summed E-state index contributed by atoms with van der Waals surface area (Å²) in [4.78, 5) is 0. The molecule has 0 aliphatic rings. The smallest absolute Gasteiger partial charge is 0.0617 e. The molecule has 0 amide bonds.